The molecular weight excluding hydrogens is 680 g/mol. The van der Waals surface area contributed by atoms with Crippen molar-refractivity contribution in [3.8, 4) is 0 Å². The van der Waals surface area contributed by atoms with Crippen molar-refractivity contribution >= 4 is 23.9 Å². The Hall–Kier alpha value is -2.24. The molecule has 11 heteroatoms. The van der Waals surface area contributed by atoms with Crippen LogP contribution in [0.15, 0.2) is 0 Å². The van der Waals surface area contributed by atoms with Gasteiger partial charge in [-0.25, -0.2) is 0 Å². The molecule has 0 amide bonds. The molecule has 0 radical (unpaired) electrons. The Morgan fingerprint density at radius 3 is 1.34 bits per heavy atom. The smallest absolute Gasteiger partial charge is 0.309 e. The minimum Gasteiger partial charge on any atom is -0.481 e. The lowest BCUT2D eigenvalue weighted by atomic mass is 9.96. The fourth-order valence-corrected chi connectivity index (χ4v) is 6.76. The number of aliphatic hydroxyl groups is 1. The van der Waals surface area contributed by atoms with Crippen molar-refractivity contribution in [1.82, 2.24) is 0 Å². The molecule has 0 aromatic carbocycles. The van der Waals surface area contributed by atoms with Gasteiger partial charge in [-0.2, -0.15) is 0 Å². The van der Waals surface area contributed by atoms with Gasteiger partial charge in [0, 0.05) is 13.2 Å². The van der Waals surface area contributed by atoms with Crippen molar-refractivity contribution in [2.75, 3.05) is 13.2 Å². The van der Waals surface area contributed by atoms with Crippen LogP contribution in [0.1, 0.15) is 159 Å². The van der Waals surface area contributed by atoms with Gasteiger partial charge in [0.25, 0.3) is 0 Å². The Morgan fingerprint density at radius 1 is 0.604 bits per heavy atom. The van der Waals surface area contributed by atoms with Crippen molar-refractivity contribution in [2.24, 2.45) is 35.5 Å². The van der Waals surface area contributed by atoms with Crippen molar-refractivity contribution in [3.63, 3.8) is 0 Å². The van der Waals surface area contributed by atoms with Crippen LogP contribution in [0, 0.1) is 35.5 Å². The quantitative estimate of drug-likeness (QED) is 0.109. The van der Waals surface area contributed by atoms with Gasteiger partial charge >= 0.3 is 23.9 Å². The van der Waals surface area contributed by atoms with E-state index in [1.807, 2.05) is 34.6 Å². The number of esters is 3. The van der Waals surface area contributed by atoms with Crippen LogP contribution >= 0.6 is 0 Å². The lowest BCUT2D eigenvalue weighted by molar-refractivity contribution is -0.169. The zero-order valence-electron chi connectivity index (χ0n) is 34.7. The lowest BCUT2D eigenvalue weighted by Crippen LogP contribution is -2.38. The van der Waals surface area contributed by atoms with E-state index in [9.17, 15) is 24.3 Å². The van der Waals surface area contributed by atoms with E-state index >= 15 is 0 Å². The molecular formula is C42H74O11. The van der Waals surface area contributed by atoms with Crippen LogP contribution in [0.5, 0.6) is 0 Å². The van der Waals surface area contributed by atoms with Gasteiger partial charge in [0.1, 0.15) is 17.3 Å². The highest BCUT2D eigenvalue weighted by Crippen LogP contribution is 2.36. The van der Waals surface area contributed by atoms with Crippen LogP contribution in [0.25, 0.3) is 0 Å². The maximum absolute atomic E-state index is 12.4. The van der Waals surface area contributed by atoms with Gasteiger partial charge in [-0.3, -0.25) is 19.2 Å². The highest BCUT2D eigenvalue weighted by molar-refractivity contribution is 5.80. The van der Waals surface area contributed by atoms with Crippen molar-refractivity contribution in [2.45, 2.75) is 195 Å². The van der Waals surface area contributed by atoms with Gasteiger partial charge < -0.3 is 33.9 Å². The summed E-state index contributed by atoms with van der Waals surface area (Å²) in [7, 11) is 0. The average molecular weight is 755 g/mol. The number of aliphatic hydroxyl groups excluding tert-OH is 1. The predicted octanol–water partition coefficient (Wildman–Crippen LogP) is 8.06. The molecule has 4 aliphatic rings. The van der Waals surface area contributed by atoms with E-state index in [-0.39, 0.29) is 49.2 Å². The summed E-state index contributed by atoms with van der Waals surface area (Å²) in [5, 5.41) is 18.2. The standard InChI is InChI=1S/C21H36O5.C12H22O2.C9H16O4/c1-14(12-18(22)26-21(3,4)5)20(23)25-15(2)19(17-8-6-7-9-17)24-13-16-10-11-16;1-9(13)12(11-4-2-3-5-11)14-8-10-6-7-10;1-6(8(11)12)5-7(10)13-9(2,3)4/h14-17,19H,6-13H2,1-5H3;9-13H,2-8H2,1H3;6H,5H2,1-4H3,(H,11,12)/t14-,15+,19+;9-,12-;6-/m101/s1. The van der Waals surface area contributed by atoms with Crippen molar-refractivity contribution < 1.29 is 53.1 Å². The minimum atomic E-state index is -0.981. The zero-order chi connectivity index (χ0) is 39.9. The SMILES string of the molecule is C[C@H](CC(=O)OC(C)(C)C)C(=O)O.C[C@H](CC(=O)OC(C)(C)C)C(=O)O[C@@H](C)[C@H](OCC1CC1)C1CCCC1.C[C@H](O)[C@H](OCC1CC1)C1CCCC1. The van der Waals surface area contributed by atoms with Crippen LogP contribution in [0.3, 0.4) is 0 Å². The molecule has 0 heterocycles. The third kappa shape index (κ3) is 20.9. The number of aliphatic carboxylic acids is 1. The molecule has 4 saturated carbocycles. The van der Waals surface area contributed by atoms with Crippen molar-refractivity contribution in [1.29, 1.82) is 0 Å². The number of carboxylic acid groups (broad SMARTS) is 1. The predicted molar refractivity (Wildman–Crippen MR) is 203 cm³/mol. The molecule has 0 spiro atoms. The van der Waals surface area contributed by atoms with Crippen LogP contribution in [-0.2, 0) is 42.9 Å². The minimum absolute atomic E-state index is 0.0317. The molecule has 6 atom stereocenters. The van der Waals surface area contributed by atoms with E-state index < -0.39 is 35.0 Å². The summed E-state index contributed by atoms with van der Waals surface area (Å²) >= 11 is 0. The van der Waals surface area contributed by atoms with Crippen LogP contribution < -0.4 is 0 Å². The number of rotatable bonds is 17. The van der Waals surface area contributed by atoms with Gasteiger partial charge in [-0.1, -0.05) is 39.5 Å². The Morgan fingerprint density at radius 2 is 0.981 bits per heavy atom. The second-order valence-corrected chi connectivity index (χ2v) is 18.2. The number of carboxylic acids is 1. The first kappa shape index (κ1) is 46.9. The highest BCUT2D eigenvalue weighted by atomic mass is 16.6. The molecule has 0 aromatic heterocycles. The van der Waals surface area contributed by atoms with E-state index in [4.69, 9.17) is 28.8 Å². The first-order valence-corrected chi connectivity index (χ1v) is 20.4. The fourth-order valence-electron chi connectivity index (χ4n) is 6.76. The number of carbonyl (C=O) groups excluding carboxylic acids is 3. The van der Waals surface area contributed by atoms with Gasteiger partial charge in [0.05, 0.1) is 43.0 Å². The van der Waals surface area contributed by atoms with Crippen LogP contribution in [-0.4, -0.2) is 82.9 Å². The molecule has 0 saturated heterocycles. The lowest BCUT2D eigenvalue weighted by Gasteiger charge is -2.30. The Kier molecular flexibility index (Phi) is 19.8. The van der Waals surface area contributed by atoms with Gasteiger partial charge in [-0.15, -0.1) is 0 Å². The summed E-state index contributed by atoms with van der Waals surface area (Å²) < 4.78 is 28.0. The molecule has 53 heavy (non-hydrogen) atoms. The van der Waals surface area contributed by atoms with Gasteiger partial charge in [0.2, 0.25) is 0 Å². The Bertz CT molecular complexity index is 1100. The summed E-state index contributed by atoms with van der Waals surface area (Å²) in [4.78, 5) is 45.9. The molecule has 308 valence electrons. The largest absolute Gasteiger partial charge is 0.481 e. The average Bonchev–Trinajstić information content (AvgIpc) is 3.91. The second-order valence-electron chi connectivity index (χ2n) is 18.2. The summed E-state index contributed by atoms with van der Waals surface area (Å²) in [6, 6.07) is 0. The molecule has 4 rings (SSSR count). The number of hydrogen-bond donors (Lipinski definition) is 2. The monoisotopic (exact) mass is 755 g/mol. The summed E-state index contributed by atoms with van der Waals surface area (Å²) in [5.74, 6) is -0.784. The maximum Gasteiger partial charge on any atom is 0.309 e. The van der Waals surface area contributed by atoms with Gasteiger partial charge in [-0.05, 0) is 130 Å². The van der Waals surface area contributed by atoms with Crippen LogP contribution in [0.4, 0.5) is 0 Å². The number of carbonyl (C=O) groups is 4. The fraction of sp³-hybridized carbons (Fsp3) is 0.905. The summed E-state index contributed by atoms with van der Waals surface area (Å²) in [5.41, 5.74) is -1.09. The maximum atomic E-state index is 12.4. The van der Waals surface area contributed by atoms with Crippen LogP contribution in [0.2, 0.25) is 0 Å². The van der Waals surface area contributed by atoms with E-state index in [1.54, 1.807) is 27.7 Å². The van der Waals surface area contributed by atoms with Crippen molar-refractivity contribution in [3.05, 3.63) is 0 Å². The first-order valence-electron chi connectivity index (χ1n) is 20.4. The third-order valence-corrected chi connectivity index (χ3v) is 10.0. The first-order chi connectivity index (χ1) is 24.6. The molecule has 0 aliphatic heterocycles. The van der Waals surface area contributed by atoms with E-state index in [0.717, 1.165) is 32.0 Å². The topological polar surface area (TPSA) is 155 Å². The van der Waals surface area contributed by atoms with Gasteiger partial charge in [0.15, 0.2) is 0 Å². The molecule has 4 aliphatic carbocycles. The molecule has 4 fully saturated rings. The normalized spacial score (nSPS) is 21.4. The molecule has 0 aromatic rings. The molecule has 2 N–H and O–H groups in total. The highest BCUT2D eigenvalue weighted by Gasteiger charge is 2.36. The molecule has 11 nitrogen and oxygen atoms in total. The van der Waals surface area contributed by atoms with E-state index in [2.05, 4.69) is 0 Å². The Balaban J connectivity index is 0.000000303. The van der Waals surface area contributed by atoms with E-state index in [0.29, 0.717) is 17.8 Å². The number of hydrogen-bond acceptors (Lipinski definition) is 10. The second kappa shape index (κ2) is 22.3. The summed E-state index contributed by atoms with van der Waals surface area (Å²) in [6.07, 6.45) is 14.5. The third-order valence-electron chi connectivity index (χ3n) is 10.0. The van der Waals surface area contributed by atoms with E-state index in [1.165, 1.54) is 71.1 Å². The molecule has 0 unspecified atom stereocenters. The number of ether oxygens (including phenoxy) is 5. The zero-order valence-corrected chi connectivity index (χ0v) is 34.7. The molecule has 0 bridgehead atoms. The summed E-state index contributed by atoms with van der Waals surface area (Å²) in [6.45, 7) is 19.3. The Labute approximate surface area is 319 Å².